The van der Waals surface area contributed by atoms with Gasteiger partial charge in [0.05, 0.1) is 11.4 Å². The Morgan fingerprint density at radius 3 is 2.62 bits per heavy atom. The van der Waals surface area contributed by atoms with E-state index in [2.05, 4.69) is 12.1 Å². The van der Waals surface area contributed by atoms with E-state index in [0.29, 0.717) is 30.1 Å². The van der Waals surface area contributed by atoms with Crippen molar-refractivity contribution in [1.29, 1.82) is 0 Å². The number of unbranched alkanes of at least 4 members (excludes halogenated alkanes) is 1. The van der Waals surface area contributed by atoms with Gasteiger partial charge in [-0.3, -0.25) is 0 Å². The van der Waals surface area contributed by atoms with Gasteiger partial charge in [0.15, 0.2) is 11.7 Å². The van der Waals surface area contributed by atoms with Crippen LogP contribution >= 0.6 is 0 Å². The van der Waals surface area contributed by atoms with E-state index < -0.39 is 12.1 Å². The van der Waals surface area contributed by atoms with E-state index >= 15 is 0 Å². The molecular weight excluding hydrogens is 408 g/mol. The summed E-state index contributed by atoms with van der Waals surface area (Å²) >= 11 is 0. The highest BCUT2D eigenvalue weighted by atomic mass is 16.5. The monoisotopic (exact) mass is 434 g/mol. The third kappa shape index (κ3) is 4.82. The lowest BCUT2D eigenvalue weighted by Crippen LogP contribution is -2.22. The average molecular weight is 434 g/mol. The Labute approximate surface area is 186 Å². The molecule has 2 aromatic carbocycles. The third-order valence-electron chi connectivity index (χ3n) is 5.33. The van der Waals surface area contributed by atoms with Crippen LogP contribution in [0.2, 0.25) is 0 Å². The molecule has 0 aliphatic heterocycles. The van der Waals surface area contributed by atoms with Crippen LogP contribution in [-0.2, 0) is 24.1 Å². The predicted octanol–water partition coefficient (Wildman–Crippen LogP) is 5.46. The molecule has 0 radical (unpaired) electrons. The van der Waals surface area contributed by atoms with Gasteiger partial charge in [0.2, 0.25) is 5.89 Å². The summed E-state index contributed by atoms with van der Waals surface area (Å²) in [5.74, 6) is 0.980. The van der Waals surface area contributed by atoms with E-state index in [1.807, 2.05) is 36.4 Å². The molecule has 32 heavy (non-hydrogen) atoms. The minimum absolute atomic E-state index is 0.431. The Kier molecular flexibility index (Phi) is 6.54. The van der Waals surface area contributed by atoms with E-state index in [0.717, 1.165) is 47.4 Å². The largest absolute Gasteiger partial charge is 0.479 e. The average Bonchev–Trinajstić information content (AvgIpc) is 3.40. The molecule has 166 valence electrons. The first-order chi connectivity index (χ1) is 15.5. The van der Waals surface area contributed by atoms with Crippen LogP contribution in [0.25, 0.3) is 22.4 Å². The van der Waals surface area contributed by atoms with Gasteiger partial charge >= 0.3 is 5.97 Å². The summed E-state index contributed by atoms with van der Waals surface area (Å²) in [5.41, 5.74) is 3.30. The number of ether oxygens (including phenoxy) is 1. The first-order valence-electron chi connectivity index (χ1n) is 10.9. The molecule has 0 fully saturated rings. The summed E-state index contributed by atoms with van der Waals surface area (Å²) in [7, 11) is 0. The second-order valence-electron chi connectivity index (χ2n) is 7.74. The van der Waals surface area contributed by atoms with Gasteiger partial charge in [-0.1, -0.05) is 36.7 Å². The molecule has 7 nitrogen and oxygen atoms in total. The number of hydrogen-bond acceptors (Lipinski definition) is 6. The number of fused-ring (bicyclic) bond motifs is 1. The number of aromatic nitrogens is 2. The maximum Gasteiger partial charge on any atom is 0.344 e. The van der Waals surface area contributed by atoms with Crippen LogP contribution in [0, 0.1) is 0 Å². The van der Waals surface area contributed by atoms with Crippen molar-refractivity contribution in [2.75, 3.05) is 0 Å². The van der Waals surface area contributed by atoms with Crippen molar-refractivity contribution in [2.45, 2.75) is 52.1 Å². The van der Waals surface area contributed by atoms with Crippen LogP contribution in [0.3, 0.4) is 0 Å². The highest BCUT2D eigenvalue weighted by Gasteiger charge is 2.17. The fourth-order valence-electron chi connectivity index (χ4n) is 3.53. The van der Waals surface area contributed by atoms with Gasteiger partial charge in [-0.25, -0.2) is 9.78 Å². The number of benzene rings is 2. The lowest BCUT2D eigenvalue weighted by Gasteiger charge is -2.09. The molecule has 4 rings (SSSR count). The van der Waals surface area contributed by atoms with Crippen LogP contribution in [0.4, 0.5) is 0 Å². The highest BCUT2D eigenvalue weighted by molar-refractivity contribution is 5.81. The third-order valence-corrected chi connectivity index (χ3v) is 5.33. The van der Waals surface area contributed by atoms with Crippen molar-refractivity contribution >= 4 is 16.9 Å². The second kappa shape index (κ2) is 9.68. The minimum atomic E-state index is -1.02. The Morgan fingerprint density at radius 1 is 1.09 bits per heavy atom. The molecule has 0 saturated heterocycles. The Bertz CT molecular complexity index is 1200. The van der Waals surface area contributed by atoms with Crippen molar-refractivity contribution in [3.8, 4) is 17.2 Å². The molecule has 0 spiro atoms. The zero-order valence-corrected chi connectivity index (χ0v) is 18.2. The SMILES string of the molecule is CCCCc1oc(-c2ccccc2)nc1CCc1noc2cc(OC(C)C(=O)O)ccc12. The quantitative estimate of drug-likeness (QED) is 0.354. The van der Waals surface area contributed by atoms with Gasteiger partial charge in [-0.05, 0) is 50.5 Å². The second-order valence-corrected chi connectivity index (χ2v) is 7.74. The summed E-state index contributed by atoms with van der Waals surface area (Å²) in [5, 5.41) is 14.1. The number of nitrogens with zero attached hydrogens (tertiary/aromatic N) is 2. The molecule has 1 N–H and O–H groups in total. The van der Waals surface area contributed by atoms with Crippen molar-refractivity contribution in [3.05, 3.63) is 65.7 Å². The molecule has 0 amide bonds. The molecule has 4 aromatic rings. The predicted molar refractivity (Wildman–Crippen MR) is 120 cm³/mol. The zero-order chi connectivity index (χ0) is 22.5. The molecule has 7 heteroatoms. The molecule has 0 aliphatic rings. The lowest BCUT2D eigenvalue weighted by atomic mass is 10.1. The molecule has 2 heterocycles. The number of rotatable bonds is 10. The van der Waals surface area contributed by atoms with E-state index in [1.54, 1.807) is 12.1 Å². The van der Waals surface area contributed by atoms with Crippen LogP contribution in [-0.4, -0.2) is 27.3 Å². The Hall–Kier alpha value is -3.61. The Morgan fingerprint density at radius 2 is 1.88 bits per heavy atom. The maximum atomic E-state index is 11.0. The van der Waals surface area contributed by atoms with E-state index in [9.17, 15) is 4.79 Å². The minimum Gasteiger partial charge on any atom is -0.479 e. The van der Waals surface area contributed by atoms with Crippen LogP contribution in [0.5, 0.6) is 5.75 Å². The van der Waals surface area contributed by atoms with E-state index in [1.165, 1.54) is 6.92 Å². The number of aryl methyl sites for hydroxylation is 3. The number of carboxylic acids is 1. The van der Waals surface area contributed by atoms with Crippen molar-refractivity contribution in [1.82, 2.24) is 10.1 Å². The van der Waals surface area contributed by atoms with Gasteiger partial charge in [0.1, 0.15) is 11.5 Å². The van der Waals surface area contributed by atoms with Gasteiger partial charge in [0, 0.05) is 23.4 Å². The van der Waals surface area contributed by atoms with Crippen molar-refractivity contribution in [3.63, 3.8) is 0 Å². The maximum absolute atomic E-state index is 11.0. The normalized spacial score (nSPS) is 12.2. The molecule has 2 aromatic heterocycles. The molecular formula is C25H26N2O5. The molecule has 1 unspecified atom stereocenters. The lowest BCUT2D eigenvalue weighted by molar-refractivity contribution is -0.144. The van der Waals surface area contributed by atoms with Crippen LogP contribution in [0.15, 0.2) is 57.5 Å². The fraction of sp³-hybridized carbons (Fsp3) is 0.320. The summed E-state index contributed by atoms with van der Waals surface area (Å²) < 4.78 is 17.0. The van der Waals surface area contributed by atoms with E-state index in [-0.39, 0.29) is 0 Å². The number of oxazole rings is 1. The summed E-state index contributed by atoms with van der Waals surface area (Å²) in [6, 6.07) is 15.2. The molecule has 0 saturated carbocycles. The number of aliphatic carboxylic acids is 1. The Balaban J connectivity index is 1.52. The topological polar surface area (TPSA) is 98.6 Å². The molecule has 0 aliphatic carbocycles. The first-order valence-corrected chi connectivity index (χ1v) is 10.9. The standard InChI is InChI=1S/C25H26N2O5/c1-3-4-10-22-21(26-24(31-22)17-8-6-5-7-9-17)14-13-20-19-12-11-18(15-23(19)32-27-20)30-16(2)25(28)29/h5-9,11-12,15-16H,3-4,10,13-14H2,1-2H3,(H,28,29). The highest BCUT2D eigenvalue weighted by Crippen LogP contribution is 2.27. The van der Waals surface area contributed by atoms with E-state index in [4.69, 9.17) is 23.8 Å². The number of carboxylic acid groups (broad SMARTS) is 1. The summed E-state index contributed by atoms with van der Waals surface area (Å²) in [6.07, 6.45) is 3.38. The van der Waals surface area contributed by atoms with Crippen molar-refractivity contribution in [2.24, 2.45) is 0 Å². The fourth-order valence-corrected chi connectivity index (χ4v) is 3.53. The smallest absolute Gasteiger partial charge is 0.344 e. The first kappa shape index (κ1) is 21.6. The van der Waals surface area contributed by atoms with Gasteiger partial charge in [-0.15, -0.1) is 0 Å². The van der Waals surface area contributed by atoms with Crippen LogP contribution in [0.1, 0.15) is 43.8 Å². The van der Waals surface area contributed by atoms with Crippen LogP contribution < -0.4 is 4.74 Å². The number of hydrogen-bond donors (Lipinski definition) is 1. The van der Waals surface area contributed by atoms with Gasteiger partial charge in [-0.2, -0.15) is 0 Å². The number of carbonyl (C=O) groups is 1. The molecule has 1 atom stereocenters. The van der Waals surface area contributed by atoms with Crippen molar-refractivity contribution < 1.29 is 23.6 Å². The van der Waals surface area contributed by atoms with Gasteiger partial charge < -0.3 is 18.8 Å². The molecule has 0 bridgehead atoms. The summed E-state index contributed by atoms with van der Waals surface area (Å²) in [4.78, 5) is 15.8. The zero-order valence-electron chi connectivity index (χ0n) is 18.2. The summed E-state index contributed by atoms with van der Waals surface area (Å²) in [6.45, 7) is 3.64. The van der Waals surface area contributed by atoms with Gasteiger partial charge in [0.25, 0.3) is 0 Å².